The van der Waals surface area contributed by atoms with Crippen LogP contribution in [0.15, 0.2) is 157 Å². The Labute approximate surface area is 271 Å². The first-order valence-electron chi connectivity index (χ1n) is 15.1. The average molecular weight is 612 g/mol. The minimum absolute atomic E-state index is 0.746. The van der Waals surface area contributed by atoms with Gasteiger partial charge >= 0.3 is 0 Å². The molecule has 0 bridgehead atoms. The SMILES string of the molecule is C=C(N=C(c1ccc(-c2cccc3sc4ccccc4c23)cc1)c1c(C)sc2ccccc12)c1cccc(-c2ccccc2)c1. The van der Waals surface area contributed by atoms with Crippen LogP contribution in [0.3, 0.4) is 0 Å². The second-order valence-corrected chi connectivity index (χ2v) is 13.6. The molecule has 0 amide bonds. The van der Waals surface area contributed by atoms with Crippen LogP contribution in [0.5, 0.6) is 0 Å². The lowest BCUT2D eigenvalue weighted by molar-refractivity contribution is 1.47. The first kappa shape index (κ1) is 27.5. The van der Waals surface area contributed by atoms with Gasteiger partial charge in [0, 0.05) is 51.8 Å². The van der Waals surface area contributed by atoms with Crippen LogP contribution in [-0.2, 0) is 0 Å². The molecule has 2 heterocycles. The molecule has 45 heavy (non-hydrogen) atoms. The van der Waals surface area contributed by atoms with E-state index in [1.807, 2.05) is 28.7 Å². The van der Waals surface area contributed by atoms with Crippen LogP contribution in [-0.4, -0.2) is 5.71 Å². The summed E-state index contributed by atoms with van der Waals surface area (Å²) in [4.78, 5) is 6.57. The highest BCUT2D eigenvalue weighted by atomic mass is 32.1. The first-order chi connectivity index (χ1) is 22.1. The van der Waals surface area contributed by atoms with Crippen molar-refractivity contribution in [1.82, 2.24) is 0 Å². The predicted molar refractivity (Wildman–Crippen MR) is 198 cm³/mol. The van der Waals surface area contributed by atoms with Crippen LogP contribution in [0, 0.1) is 6.92 Å². The fourth-order valence-electron chi connectivity index (χ4n) is 6.26. The molecule has 3 heteroatoms. The Morgan fingerprint density at radius 3 is 1.98 bits per heavy atom. The van der Waals surface area contributed by atoms with Crippen molar-refractivity contribution in [3.63, 3.8) is 0 Å². The van der Waals surface area contributed by atoms with Crippen molar-refractivity contribution < 1.29 is 0 Å². The smallest absolute Gasteiger partial charge is 0.0798 e. The van der Waals surface area contributed by atoms with E-state index in [4.69, 9.17) is 4.99 Å². The van der Waals surface area contributed by atoms with Crippen molar-refractivity contribution in [3.8, 4) is 22.3 Å². The lowest BCUT2D eigenvalue weighted by Gasteiger charge is -2.12. The van der Waals surface area contributed by atoms with Crippen molar-refractivity contribution in [3.05, 3.63) is 174 Å². The third-order valence-corrected chi connectivity index (χ3v) is 10.7. The molecule has 6 aromatic carbocycles. The van der Waals surface area contributed by atoms with Gasteiger partial charge in [-0.05, 0) is 53.4 Å². The number of hydrogen-bond donors (Lipinski definition) is 0. The monoisotopic (exact) mass is 611 g/mol. The zero-order valence-corrected chi connectivity index (χ0v) is 26.5. The summed E-state index contributed by atoms with van der Waals surface area (Å²) >= 11 is 3.67. The van der Waals surface area contributed by atoms with E-state index in [1.54, 1.807) is 0 Å². The molecule has 8 aromatic rings. The van der Waals surface area contributed by atoms with Crippen molar-refractivity contribution in [2.24, 2.45) is 4.99 Å². The fraction of sp³-hybridized carbons (Fsp3) is 0.0238. The highest BCUT2D eigenvalue weighted by Gasteiger charge is 2.18. The van der Waals surface area contributed by atoms with E-state index in [0.717, 1.165) is 28.1 Å². The number of benzene rings is 6. The number of aliphatic imine (C=N–C) groups is 1. The summed E-state index contributed by atoms with van der Waals surface area (Å²) in [7, 11) is 0. The third kappa shape index (κ3) is 5.01. The molecule has 0 aliphatic heterocycles. The van der Waals surface area contributed by atoms with Gasteiger partial charge in [0.2, 0.25) is 0 Å². The summed E-state index contributed by atoms with van der Waals surface area (Å²) in [6.07, 6.45) is 0. The van der Waals surface area contributed by atoms with Gasteiger partial charge in [-0.3, -0.25) is 0 Å². The molecule has 0 N–H and O–H groups in total. The molecule has 0 unspecified atom stereocenters. The molecular formula is C42H29NS2. The van der Waals surface area contributed by atoms with Crippen LogP contribution in [0.2, 0.25) is 0 Å². The molecule has 2 aromatic heterocycles. The van der Waals surface area contributed by atoms with Gasteiger partial charge in [0.05, 0.1) is 11.4 Å². The summed E-state index contributed by atoms with van der Waals surface area (Å²) in [5.74, 6) is 0. The van der Waals surface area contributed by atoms with Gasteiger partial charge < -0.3 is 0 Å². The van der Waals surface area contributed by atoms with E-state index < -0.39 is 0 Å². The van der Waals surface area contributed by atoms with Crippen LogP contribution in [0.1, 0.15) is 21.6 Å². The van der Waals surface area contributed by atoms with Gasteiger partial charge in [-0.15, -0.1) is 22.7 Å². The lowest BCUT2D eigenvalue weighted by Crippen LogP contribution is -2.05. The van der Waals surface area contributed by atoms with Gasteiger partial charge in [-0.2, -0.15) is 0 Å². The van der Waals surface area contributed by atoms with Gasteiger partial charge in [-0.1, -0.05) is 128 Å². The van der Waals surface area contributed by atoms with Gasteiger partial charge in [0.15, 0.2) is 0 Å². The van der Waals surface area contributed by atoms with E-state index >= 15 is 0 Å². The predicted octanol–water partition coefficient (Wildman–Crippen LogP) is 12.4. The lowest BCUT2D eigenvalue weighted by atomic mass is 9.95. The van der Waals surface area contributed by atoms with Crippen LogP contribution in [0.4, 0.5) is 0 Å². The number of aryl methyl sites for hydroxylation is 1. The summed E-state index contributed by atoms with van der Waals surface area (Å²) < 4.78 is 3.90. The van der Waals surface area contributed by atoms with Gasteiger partial charge in [-0.25, -0.2) is 4.99 Å². The van der Waals surface area contributed by atoms with Crippen molar-refractivity contribution in [2.45, 2.75) is 6.92 Å². The second kappa shape index (κ2) is 11.4. The molecule has 0 aliphatic rings. The molecule has 0 spiro atoms. The molecule has 0 saturated carbocycles. The summed E-state index contributed by atoms with van der Waals surface area (Å²) in [5, 5.41) is 3.86. The summed E-state index contributed by atoms with van der Waals surface area (Å²) in [6.45, 7) is 6.68. The molecule has 0 saturated heterocycles. The van der Waals surface area contributed by atoms with Crippen molar-refractivity contribution in [2.75, 3.05) is 0 Å². The fourth-order valence-corrected chi connectivity index (χ4v) is 8.46. The van der Waals surface area contributed by atoms with E-state index in [1.165, 1.54) is 57.4 Å². The van der Waals surface area contributed by atoms with Crippen LogP contribution in [0.25, 0.3) is 58.2 Å². The molecule has 0 radical (unpaired) electrons. The normalized spacial score (nSPS) is 11.9. The van der Waals surface area contributed by atoms with Gasteiger partial charge in [0.1, 0.15) is 0 Å². The Morgan fingerprint density at radius 2 is 1.18 bits per heavy atom. The zero-order chi connectivity index (χ0) is 30.3. The number of fused-ring (bicyclic) bond motifs is 4. The minimum atomic E-state index is 0.746. The second-order valence-electron chi connectivity index (χ2n) is 11.2. The molecule has 0 atom stereocenters. The number of rotatable bonds is 6. The van der Waals surface area contributed by atoms with E-state index in [-0.39, 0.29) is 0 Å². The Balaban J connectivity index is 1.25. The molecule has 214 valence electrons. The van der Waals surface area contributed by atoms with Crippen LogP contribution >= 0.6 is 22.7 Å². The minimum Gasteiger partial charge on any atom is -0.248 e. The van der Waals surface area contributed by atoms with Crippen molar-refractivity contribution in [1.29, 1.82) is 0 Å². The Morgan fingerprint density at radius 1 is 0.533 bits per heavy atom. The maximum absolute atomic E-state index is 5.32. The maximum Gasteiger partial charge on any atom is 0.0798 e. The van der Waals surface area contributed by atoms with Crippen molar-refractivity contribution >= 4 is 64.3 Å². The maximum atomic E-state index is 5.32. The van der Waals surface area contributed by atoms with E-state index in [9.17, 15) is 0 Å². The van der Waals surface area contributed by atoms with E-state index in [2.05, 4.69) is 153 Å². The van der Waals surface area contributed by atoms with E-state index in [0.29, 0.717) is 0 Å². The average Bonchev–Trinajstić information content (AvgIpc) is 3.64. The number of thiophene rings is 2. The Kier molecular flexibility index (Phi) is 6.98. The zero-order valence-electron chi connectivity index (χ0n) is 24.8. The largest absolute Gasteiger partial charge is 0.248 e. The highest BCUT2D eigenvalue weighted by Crippen LogP contribution is 2.40. The molecule has 1 nitrogen and oxygen atoms in total. The number of hydrogen-bond acceptors (Lipinski definition) is 3. The molecule has 8 rings (SSSR count). The number of nitrogens with zero attached hydrogens (tertiary/aromatic N) is 1. The highest BCUT2D eigenvalue weighted by molar-refractivity contribution is 7.26. The Bertz CT molecular complexity index is 2390. The van der Waals surface area contributed by atoms with Gasteiger partial charge in [0.25, 0.3) is 0 Å². The molecule has 0 aliphatic carbocycles. The van der Waals surface area contributed by atoms with Crippen LogP contribution < -0.4 is 0 Å². The Hall–Kier alpha value is -5.09. The topological polar surface area (TPSA) is 12.4 Å². The molecule has 0 fully saturated rings. The summed E-state index contributed by atoms with van der Waals surface area (Å²) in [5.41, 5.74) is 9.76. The summed E-state index contributed by atoms with van der Waals surface area (Å²) in [6, 6.07) is 51.9. The standard InChI is InChI=1S/C42H29NS2/c1-27(32-14-10-15-33(26-32)29-12-4-3-5-13-29)43-42(40-28(2)44-37-19-8-6-16-35(37)40)31-24-22-30(23-25-31)34-18-11-21-39-41(34)36-17-7-9-20-38(36)45-39/h3-26H,1H2,2H3. The molecular weight excluding hydrogens is 583 g/mol. The quantitative estimate of drug-likeness (QED) is 0.166. The first-order valence-corrected chi connectivity index (χ1v) is 16.7. The third-order valence-electron chi connectivity index (χ3n) is 8.43.